The molecule has 0 saturated heterocycles. The largest absolute Gasteiger partial charge is 0.495 e. The molecule has 0 aliphatic carbocycles. The van der Waals surface area contributed by atoms with E-state index in [2.05, 4.69) is 5.32 Å². The van der Waals surface area contributed by atoms with Gasteiger partial charge >= 0.3 is 0 Å². The maximum atomic E-state index is 12.8. The Morgan fingerprint density at radius 3 is 2.74 bits per heavy atom. The van der Waals surface area contributed by atoms with E-state index in [1.165, 1.54) is 34.8 Å². The molecule has 31 heavy (non-hydrogen) atoms. The molecule has 0 saturated carbocycles. The van der Waals surface area contributed by atoms with Gasteiger partial charge in [-0.05, 0) is 23.8 Å². The molecule has 0 aliphatic rings. The van der Waals surface area contributed by atoms with Gasteiger partial charge in [0.15, 0.2) is 5.16 Å². The molecule has 0 fully saturated rings. The molecule has 0 spiro atoms. The normalized spacial score (nSPS) is 10.9. The lowest BCUT2D eigenvalue weighted by Crippen LogP contribution is -2.20. The molecule has 1 amide bonds. The molecule has 4 aromatic rings. The lowest BCUT2D eigenvalue weighted by atomic mass is 10.1. The summed E-state index contributed by atoms with van der Waals surface area (Å²) in [5.74, 6) is 0.404. The third-order valence-corrected chi connectivity index (χ3v) is 6.89. The zero-order valence-electron chi connectivity index (χ0n) is 16.7. The van der Waals surface area contributed by atoms with Crippen molar-refractivity contribution in [2.75, 3.05) is 18.2 Å². The first kappa shape index (κ1) is 21.4. The molecule has 0 aliphatic heterocycles. The fraction of sp³-hybridized carbons (Fsp3) is 0.136. The second-order valence-electron chi connectivity index (χ2n) is 6.64. The molecule has 9 heteroatoms. The summed E-state index contributed by atoms with van der Waals surface area (Å²) in [5.41, 5.74) is 3.01. The number of fused-ring (bicyclic) bond motifs is 1. The number of thiophene rings is 1. The van der Waals surface area contributed by atoms with Crippen molar-refractivity contribution in [3.05, 3.63) is 69.3 Å². The van der Waals surface area contributed by atoms with Gasteiger partial charge in [0.05, 0.1) is 23.4 Å². The van der Waals surface area contributed by atoms with Crippen LogP contribution >= 0.6 is 34.7 Å². The van der Waals surface area contributed by atoms with Crippen LogP contribution in [0.4, 0.5) is 5.69 Å². The maximum absolute atomic E-state index is 12.8. The number of nitrogens with zero attached hydrogens (tertiary/aromatic N) is 2. The van der Waals surface area contributed by atoms with E-state index in [-0.39, 0.29) is 17.2 Å². The van der Waals surface area contributed by atoms with E-state index in [0.29, 0.717) is 31.8 Å². The first-order valence-corrected chi connectivity index (χ1v) is 11.5. The minimum atomic E-state index is -0.228. The summed E-state index contributed by atoms with van der Waals surface area (Å²) in [6.07, 6.45) is 0. The van der Waals surface area contributed by atoms with Gasteiger partial charge in [0.2, 0.25) is 5.91 Å². The minimum absolute atomic E-state index is 0.0975. The van der Waals surface area contributed by atoms with Crippen LogP contribution in [-0.4, -0.2) is 28.3 Å². The fourth-order valence-electron chi connectivity index (χ4n) is 3.05. The molecular weight excluding hydrogens is 454 g/mol. The minimum Gasteiger partial charge on any atom is -0.495 e. The van der Waals surface area contributed by atoms with Crippen LogP contribution in [-0.2, 0) is 11.8 Å². The maximum Gasteiger partial charge on any atom is 0.271 e. The Labute approximate surface area is 191 Å². The number of amides is 1. The Morgan fingerprint density at radius 1 is 1.26 bits per heavy atom. The number of benzene rings is 2. The van der Waals surface area contributed by atoms with Crippen molar-refractivity contribution in [1.82, 2.24) is 9.55 Å². The fourth-order valence-corrected chi connectivity index (χ4v) is 5.06. The molecule has 1 N–H and O–H groups in total. The summed E-state index contributed by atoms with van der Waals surface area (Å²) < 4.78 is 7.20. The zero-order valence-corrected chi connectivity index (χ0v) is 19.1. The van der Waals surface area contributed by atoms with Gasteiger partial charge in [0.25, 0.3) is 5.56 Å². The van der Waals surface area contributed by atoms with E-state index >= 15 is 0 Å². The lowest BCUT2D eigenvalue weighted by Gasteiger charge is -2.10. The molecule has 6 nitrogen and oxygen atoms in total. The van der Waals surface area contributed by atoms with Gasteiger partial charge in [-0.2, -0.15) is 0 Å². The summed E-state index contributed by atoms with van der Waals surface area (Å²) in [6.45, 7) is 0. The van der Waals surface area contributed by atoms with Gasteiger partial charge < -0.3 is 10.1 Å². The second kappa shape index (κ2) is 9.13. The van der Waals surface area contributed by atoms with Crippen LogP contribution in [0.3, 0.4) is 0 Å². The van der Waals surface area contributed by atoms with Crippen LogP contribution in [0.2, 0.25) is 5.02 Å². The molecule has 0 atom stereocenters. The topological polar surface area (TPSA) is 73.2 Å². The predicted molar refractivity (Wildman–Crippen MR) is 128 cm³/mol. The summed E-state index contributed by atoms with van der Waals surface area (Å²) >= 11 is 8.70. The van der Waals surface area contributed by atoms with Crippen molar-refractivity contribution in [2.24, 2.45) is 7.05 Å². The molecule has 2 heterocycles. The smallest absolute Gasteiger partial charge is 0.271 e. The summed E-state index contributed by atoms with van der Waals surface area (Å²) in [5, 5.41) is 5.64. The highest BCUT2D eigenvalue weighted by Gasteiger charge is 2.16. The Balaban J connectivity index is 1.55. The van der Waals surface area contributed by atoms with Gasteiger partial charge in [-0.25, -0.2) is 4.98 Å². The van der Waals surface area contributed by atoms with Gasteiger partial charge in [-0.15, -0.1) is 11.3 Å². The number of hydrogen-bond acceptors (Lipinski definition) is 6. The Hall–Kier alpha value is -2.81. The molecule has 0 unspecified atom stereocenters. The number of anilines is 1. The third kappa shape index (κ3) is 4.46. The van der Waals surface area contributed by atoms with Crippen LogP contribution in [0.1, 0.15) is 0 Å². The summed E-state index contributed by atoms with van der Waals surface area (Å²) in [4.78, 5) is 30.0. The van der Waals surface area contributed by atoms with E-state index < -0.39 is 0 Å². The highest BCUT2D eigenvalue weighted by atomic mass is 35.5. The highest BCUT2D eigenvalue weighted by Crippen LogP contribution is 2.32. The van der Waals surface area contributed by atoms with Gasteiger partial charge in [0, 0.05) is 23.7 Å². The number of halogens is 1. The number of thioether (sulfide) groups is 1. The van der Waals surface area contributed by atoms with E-state index in [0.717, 1.165) is 11.1 Å². The van der Waals surface area contributed by atoms with Crippen LogP contribution in [0.5, 0.6) is 5.75 Å². The van der Waals surface area contributed by atoms with Crippen molar-refractivity contribution >= 4 is 56.5 Å². The number of nitrogens with one attached hydrogen (secondary N) is 1. The van der Waals surface area contributed by atoms with Gasteiger partial charge in [-0.1, -0.05) is 53.7 Å². The van der Waals surface area contributed by atoms with Crippen LogP contribution in [0.25, 0.3) is 21.3 Å². The summed E-state index contributed by atoms with van der Waals surface area (Å²) in [7, 11) is 3.20. The third-order valence-electron chi connectivity index (χ3n) is 4.61. The van der Waals surface area contributed by atoms with Crippen LogP contribution < -0.4 is 15.6 Å². The monoisotopic (exact) mass is 471 g/mol. The van der Waals surface area contributed by atoms with Crippen molar-refractivity contribution in [1.29, 1.82) is 0 Å². The van der Waals surface area contributed by atoms with Crippen molar-refractivity contribution < 1.29 is 9.53 Å². The average Bonchev–Trinajstić information content (AvgIpc) is 3.20. The molecule has 0 radical (unpaired) electrons. The Morgan fingerprint density at radius 2 is 2.03 bits per heavy atom. The standard InChI is InChI=1S/C22H18ClN3O3S2/c1-26-21(28)20-19(15(11-30-20)13-6-4-3-5-7-13)25-22(26)31-12-18(27)24-14-8-9-17(29-2)16(23)10-14/h3-11H,12H2,1-2H3,(H,24,27). The highest BCUT2D eigenvalue weighted by molar-refractivity contribution is 7.99. The number of rotatable bonds is 6. The molecule has 158 valence electrons. The summed E-state index contributed by atoms with van der Waals surface area (Å²) in [6, 6.07) is 14.8. The van der Waals surface area contributed by atoms with E-state index in [1.54, 1.807) is 25.2 Å². The van der Waals surface area contributed by atoms with Gasteiger partial charge in [-0.3, -0.25) is 14.2 Å². The number of carbonyl (C=O) groups is 1. The average molecular weight is 472 g/mol. The first-order valence-electron chi connectivity index (χ1n) is 9.27. The molecule has 2 aromatic heterocycles. The quantitative estimate of drug-likeness (QED) is 0.314. The van der Waals surface area contributed by atoms with Crippen molar-refractivity contribution in [3.8, 4) is 16.9 Å². The van der Waals surface area contributed by atoms with Crippen molar-refractivity contribution in [3.63, 3.8) is 0 Å². The number of ether oxygens (including phenoxy) is 1. The lowest BCUT2D eigenvalue weighted by molar-refractivity contribution is -0.113. The van der Waals surface area contributed by atoms with E-state index in [1.807, 2.05) is 35.7 Å². The number of carbonyl (C=O) groups excluding carboxylic acids is 1. The molecule has 0 bridgehead atoms. The Bertz CT molecular complexity index is 1320. The Kier molecular flexibility index (Phi) is 6.31. The second-order valence-corrected chi connectivity index (χ2v) is 8.87. The van der Waals surface area contributed by atoms with E-state index in [4.69, 9.17) is 21.3 Å². The van der Waals surface area contributed by atoms with E-state index in [9.17, 15) is 9.59 Å². The number of methoxy groups -OCH3 is 1. The molecule has 4 rings (SSSR count). The number of aromatic nitrogens is 2. The van der Waals surface area contributed by atoms with Gasteiger partial charge in [0.1, 0.15) is 10.4 Å². The first-order chi connectivity index (χ1) is 15.0. The zero-order chi connectivity index (χ0) is 22.0. The SMILES string of the molecule is COc1ccc(NC(=O)CSc2nc3c(-c4ccccc4)csc3c(=O)n2C)cc1Cl. The molecular formula is C22H18ClN3O3S2. The number of hydrogen-bond donors (Lipinski definition) is 1. The van der Waals surface area contributed by atoms with Crippen LogP contribution in [0.15, 0.2) is 63.9 Å². The predicted octanol–water partition coefficient (Wildman–Crippen LogP) is 5.05. The van der Waals surface area contributed by atoms with Crippen LogP contribution in [0, 0.1) is 0 Å². The van der Waals surface area contributed by atoms with Crippen molar-refractivity contribution in [2.45, 2.75) is 5.16 Å². The molecule has 2 aromatic carbocycles.